The number of morpholine rings is 1. The predicted molar refractivity (Wildman–Crippen MR) is 74.4 cm³/mol. The number of pyridine rings is 1. The zero-order valence-corrected chi connectivity index (χ0v) is 11.9. The minimum atomic E-state index is 0.0128. The second-order valence-electron chi connectivity index (χ2n) is 5.09. The summed E-state index contributed by atoms with van der Waals surface area (Å²) in [6, 6.07) is 1.89. The Morgan fingerprint density at radius 3 is 2.63 bits per heavy atom. The zero-order valence-electron chi connectivity index (χ0n) is 11.9. The highest BCUT2D eigenvalue weighted by molar-refractivity contribution is 5.99. The van der Waals surface area contributed by atoms with Crippen molar-refractivity contribution in [2.75, 3.05) is 25.5 Å². The molecular weight excluding hydrogens is 242 g/mol. The second kappa shape index (κ2) is 5.57. The Labute approximate surface area is 114 Å². The number of nitrogens with one attached hydrogen (secondary N) is 1. The van der Waals surface area contributed by atoms with Gasteiger partial charge >= 0.3 is 0 Å². The molecule has 2 atom stereocenters. The van der Waals surface area contributed by atoms with Crippen molar-refractivity contribution in [2.24, 2.45) is 0 Å². The van der Waals surface area contributed by atoms with E-state index in [2.05, 4.69) is 10.3 Å². The maximum Gasteiger partial charge on any atom is 0.257 e. The molecule has 5 nitrogen and oxygen atoms in total. The Hall–Kier alpha value is -1.62. The molecule has 1 aliphatic rings. The van der Waals surface area contributed by atoms with E-state index in [0.717, 1.165) is 11.4 Å². The van der Waals surface area contributed by atoms with Gasteiger partial charge in [0.25, 0.3) is 5.91 Å². The van der Waals surface area contributed by atoms with Gasteiger partial charge in [0.05, 0.1) is 23.5 Å². The molecule has 1 fully saturated rings. The van der Waals surface area contributed by atoms with Gasteiger partial charge in [0.1, 0.15) is 0 Å². The third-order valence-electron chi connectivity index (χ3n) is 3.25. The molecule has 19 heavy (non-hydrogen) atoms. The number of amides is 1. The van der Waals surface area contributed by atoms with Gasteiger partial charge in [0.15, 0.2) is 0 Å². The van der Waals surface area contributed by atoms with Crippen molar-refractivity contribution in [3.63, 3.8) is 0 Å². The largest absolute Gasteiger partial charge is 0.387 e. The molecule has 0 radical (unpaired) electrons. The third kappa shape index (κ3) is 3.04. The number of aromatic nitrogens is 1. The molecule has 0 bridgehead atoms. The predicted octanol–water partition coefficient (Wildman–Crippen LogP) is 1.68. The van der Waals surface area contributed by atoms with Crippen molar-refractivity contribution in [3.05, 3.63) is 23.5 Å². The summed E-state index contributed by atoms with van der Waals surface area (Å²) in [6.07, 6.45) is 1.79. The molecule has 1 amide bonds. The minimum Gasteiger partial charge on any atom is -0.387 e. The summed E-state index contributed by atoms with van der Waals surface area (Å²) in [5.41, 5.74) is 2.34. The maximum atomic E-state index is 12.6. The lowest BCUT2D eigenvalue weighted by Crippen LogP contribution is -2.48. The maximum absolute atomic E-state index is 12.6. The zero-order chi connectivity index (χ0) is 14.0. The minimum absolute atomic E-state index is 0.0128. The molecule has 2 heterocycles. The number of nitrogens with zero attached hydrogens (tertiary/aromatic N) is 2. The van der Waals surface area contributed by atoms with Gasteiger partial charge in [-0.2, -0.15) is 0 Å². The summed E-state index contributed by atoms with van der Waals surface area (Å²) in [5.74, 6) is 0.0128. The lowest BCUT2D eigenvalue weighted by atomic mass is 10.1. The molecule has 104 valence electrons. The van der Waals surface area contributed by atoms with E-state index in [9.17, 15) is 4.79 Å². The summed E-state index contributed by atoms with van der Waals surface area (Å²) < 4.78 is 5.65. The molecule has 0 aliphatic carbocycles. The van der Waals surface area contributed by atoms with Crippen molar-refractivity contribution in [3.8, 4) is 0 Å². The van der Waals surface area contributed by atoms with Crippen LogP contribution in [0.5, 0.6) is 0 Å². The third-order valence-corrected chi connectivity index (χ3v) is 3.25. The molecule has 1 aliphatic heterocycles. The van der Waals surface area contributed by atoms with Gasteiger partial charge < -0.3 is 15.0 Å². The van der Waals surface area contributed by atoms with Gasteiger partial charge in [-0.25, -0.2) is 0 Å². The van der Waals surface area contributed by atoms with Crippen LogP contribution in [0.15, 0.2) is 12.3 Å². The first kappa shape index (κ1) is 13.8. The van der Waals surface area contributed by atoms with E-state index in [1.165, 1.54) is 0 Å². The summed E-state index contributed by atoms with van der Waals surface area (Å²) in [7, 11) is 1.82. The molecular formula is C14H21N3O2. The number of hydrogen-bond donors (Lipinski definition) is 1. The van der Waals surface area contributed by atoms with Crippen LogP contribution in [0.3, 0.4) is 0 Å². The monoisotopic (exact) mass is 263 g/mol. The number of anilines is 1. The standard InChI is InChI=1S/C14H21N3O2/c1-9-5-13(15-4)12(6-16-9)14(18)17-7-10(2)19-11(3)8-17/h5-6,10-11H,7-8H2,1-4H3,(H,15,16). The second-order valence-corrected chi connectivity index (χ2v) is 5.09. The van der Waals surface area contributed by atoms with E-state index in [1.54, 1.807) is 6.20 Å². The number of carbonyl (C=O) groups is 1. The van der Waals surface area contributed by atoms with Crippen molar-refractivity contribution >= 4 is 11.6 Å². The molecule has 0 saturated carbocycles. The molecule has 1 aromatic rings. The van der Waals surface area contributed by atoms with Gasteiger partial charge in [-0.15, -0.1) is 0 Å². The highest BCUT2D eigenvalue weighted by Crippen LogP contribution is 2.20. The quantitative estimate of drug-likeness (QED) is 0.882. The molecule has 2 rings (SSSR count). The van der Waals surface area contributed by atoms with E-state index in [1.807, 2.05) is 38.8 Å². The Bertz CT molecular complexity index is 466. The number of hydrogen-bond acceptors (Lipinski definition) is 4. The number of aryl methyl sites for hydroxylation is 1. The fraction of sp³-hybridized carbons (Fsp3) is 0.571. The molecule has 0 aromatic carbocycles. The molecule has 0 spiro atoms. The van der Waals surface area contributed by atoms with Crippen LogP contribution < -0.4 is 5.32 Å². The average Bonchev–Trinajstić information content (AvgIpc) is 2.36. The molecule has 5 heteroatoms. The van der Waals surface area contributed by atoms with E-state index in [-0.39, 0.29) is 18.1 Å². The van der Waals surface area contributed by atoms with Gasteiger partial charge in [-0.05, 0) is 26.8 Å². The fourth-order valence-electron chi connectivity index (χ4n) is 2.45. The van der Waals surface area contributed by atoms with Crippen molar-refractivity contribution in [1.29, 1.82) is 0 Å². The lowest BCUT2D eigenvalue weighted by molar-refractivity contribution is -0.0586. The van der Waals surface area contributed by atoms with Crippen LogP contribution in [0.1, 0.15) is 29.9 Å². The van der Waals surface area contributed by atoms with Crippen LogP contribution in [0.2, 0.25) is 0 Å². The van der Waals surface area contributed by atoms with Crippen LogP contribution in [0, 0.1) is 6.92 Å². The van der Waals surface area contributed by atoms with Crippen LogP contribution in [-0.2, 0) is 4.74 Å². The van der Waals surface area contributed by atoms with E-state index >= 15 is 0 Å². The Kier molecular flexibility index (Phi) is 4.04. The first-order chi connectivity index (χ1) is 9.01. The van der Waals surface area contributed by atoms with E-state index in [0.29, 0.717) is 18.7 Å². The van der Waals surface area contributed by atoms with E-state index in [4.69, 9.17) is 4.74 Å². The van der Waals surface area contributed by atoms with Crippen molar-refractivity contribution in [1.82, 2.24) is 9.88 Å². The SMILES string of the molecule is CNc1cc(C)ncc1C(=O)N1CC(C)OC(C)C1. The molecule has 1 saturated heterocycles. The first-order valence-corrected chi connectivity index (χ1v) is 6.60. The number of carbonyl (C=O) groups excluding carboxylic acids is 1. The summed E-state index contributed by atoms with van der Waals surface area (Å²) in [6.45, 7) is 7.14. The Morgan fingerprint density at radius 2 is 2.05 bits per heavy atom. The Balaban J connectivity index is 2.24. The number of ether oxygens (including phenoxy) is 1. The van der Waals surface area contributed by atoms with Crippen molar-refractivity contribution < 1.29 is 9.53 Å². The lowest BCUT2D eigenvalue weighted by Gasteiger charge is -2.35. The van der Waals surface area contributed by atoms with Crippen LogP contribution in [0.4, 0.5) is 5.69 Å². The fourth-order valence-corrected chi connectivity index (χ4v) is 2.45. The highest BCUT2D eigenvalue weighted by atomic mass is 16.5. The van der Waals surface area contributed by atoms with E-state index < -0.39 is 0 Å². The van der Waals surface area contributed by atoms with Crippen LogP contribution >= 0.6 is 0 Å². The Morgan fingerprint density at radius 1 is 1.42 bits per heavy atom. The normalized spacial score (nSPS) is 23.3. The summed E-state index contributed by atoms with van der Waals surface area (Å²) >= 11 is 0. The number of rotatable bonds is 2. The van der Waals surface area contributed by atoms with Gasteiger partial charge in [-0.1, -0.05) is 0 Å². The first-order valence-electron chi connectivity index (χ1n) is 6.60. The topological polar surface area (TPSA) is 54.5 Å². The van der Waals surface area contributed by atoms with Crippen molar-refractivity contribution in [2.45, 2.75) is 33.0 Å². The van der Waals surface area contributed by atoms with Crippen LogP contribution in [0.25, 0.3) is 0 Å². The van der Waals surface area contributed by atoms with Crippen LogP contribution in [-0.4, -0.2) is 48.1 Å². The highest BCUT2D eigenvalue weighted by Gasteiger charge is 2.27. The van der Waals surface area contributed by atoms with Gasteiger partial charge in [0, 0.05) is 32.0 Å². The molecule has 1 aromatic heterocycles. The molecule has 2 unspecified atom stereocenters. The summed E-state index contributed by atoms with van der Waals surface area (Å²) in [4.78, 5) is 18.6. The molecule has 1 N–H and O–H groups in total. The van der Waals surface area contributed by atoms with Gasteiger partial charge in [-0.3, -0.25) is 9.78 Å². The smallest absolute Gasteiger partial charge is 0.257 e. The van der Waals surface area contributed by atoms with Gasteiger partial charge in [0.2, 0.25) is 0 Å². The summed E-state index contributed by atoms with van der Waals surface area (Å²) in [5, 5.41) is 3.06. The average molecular weight is 263 g/mol.